The molecule has 0 atom stereocenters. The van der Waals surface area contributed by atoms with Crippen LogP contribution in [-0.4, -0.2) is 52.3 Å². The van der Waals surface area contributed by atoms with E-state index in [4.69, 9.17) is 4.74 Å². The summed E-state index contributed by atoms with van der Waals surface area (Å²) in [4.78, 5) is 26.0. The summed E-state index contributed by atoms with van der Waals surface area (Å²) in [5.41, 5.74) is 0.989. The Labute approximate surface area is 127 Å². The zero-order chi connectivity index (χ0) is 15.5. The van der Waals surface area contributed by atoms with E-state index in [-0.39, 0.29) is 5.69 Å². The third-order valence-electron chi connectivity index (χ3n) is 3.58. The number of H-pyrrole nitrogens is 1. The van der Waals surface area contributed by atoms with Crippen molar-refractivity contribution in [3.05, 3.63) is 23.1 Å². The van der Waals surface area contributed by atoms with E-state index in [0.29, 0.717) is 30.3 Å². The van der Waals surface area contributed by atoms with Gasteiger partial charge in [-0.05, 0) is 6.92 Å². The van der Waals surface area contributed by atoms with Crippen LogP contribution in [0.1, 0.15) is 6.92 Å². The highest BCUT2D eigenvalue weighted by atomic mass is 16.5. The van der Waals surface area contributed by atoms with Crippen molar-refractivity contribution < 1.29 is 4.74 Å². The SMILES string of the molecule is C=CCn1c(=O)[nH]c2c(N3CCNCC3)nc(OCC)nc21. The first-order chi connectivity index (χ1) is 10.7. The van der Waals surface area contributed by atoms with Crippen LogP contribution in [0.25, 0.3) is 11.2 Å². The van der Waals surface area contributed by atoms with Crippen LogP contribution >= 0.6 is 0 Å². The van der Waals surface area contributed by atoms with Gasteiger partial charge in [0.2, 0.25) is 0 Å². The fourth-order valence-corrected chi connectivity index (χ4v) is 2.59. The van der Waals surface area contributed by atoms with Crippen LogP contribution in [0.2, 0.25) is 0 Å². The van der Waals surface area contributed by atoms with Crippen molar-refractivity contribution in [2.75, 3.05) is 37.7 Å². The average molecular weight is 304 g/mol. The molecule has 8 heteroatoms. The largest absolute Gasteiger partial charge is 0.464 e. The standard InChI is InChI=1S/C14H20N6O2/c1-3-7-20-12-10(16-14(20)21)11(17-13(18-12)22-4-2)19-8-5-15-6-9-19/h3,15H,1,4-9H2,2H3,(H,16,21). The van der Waals surface area contributed by atoms with Gasteiger partial charge in [-0.15, -0.1) is 6.58 Å². The molecular weight excluding hydrogens is 284 g/mol. The van der Waals surface area contributed by atoms with Gasteiger partial charge in [-0.3, -0.25) is 4.57 Å². The predicted molar refractivity (Wildman–Crippen MR) is 84.6 cm³/mol. The molecule has 1 fully saturated rings. The number of aromatic amines is 1. The highest BCUT2D eigenvalue weighted by Crippen LogP contribution is 2.24. The molecule has 3 heterocycles. The van der Waals surface area contributed by atoms with Crippen molar-refractivity contribution in [2.24, 2.45) is 0 Å². The van der Waals surface area contributed by atoms with Crippen LogP contribution in [0.5, 0.6) is 6.01 Å². The Bertz CT molecular complexity index is 729. The summed E-state index contributed by atoms with van der Waals surface area (Å²) in [7, 11) is 0. The number of rotatable bonds is 5. The minimum atomic E-state index is -0.214. The van der Waals surface area contributed by atoms with Crippen molar-refractivity contribution in [3.63, 3.8) is 0 Å². The summed E-state index contributed by atoms with van der Waals surface area (Å²) in [5.74, 6) is 0.717. The Morgan fingerprint density at radius 2 is 2.14 bits per heavy atom. The first-order valence-corrected chi connectivity index (χ1v) is 7.44. The molecule has 22 heavy (non-hydrogen) atoms. The molecule has 2 aromatic heterocycles. The molecule has 0 saturated carbocycles. The number of hydrogen-bond donors (Lipinski definition) is 2. The molecule has 1 aliphatic rings. The smallest absolute Gasteiger partial charge is 0.328 e. The van der Waals surface area contributed by atoms with Crippen LogP contribution in [0.4, 0.5) is 5.82 Å². The molecule has 1 saturated heterocycles. The number of imidazole rings is 1. The summed E-state index contributed by atoms with van der Waals surface area (Å²) < 4.78 is 7.01. The summed E-state index contributed by atoms with van der Waals surface area (Å²) >= 11 is 0. The number of anilines is 1. The predicted octanol–water partition coefficient (Wildman–Crippen LogP) is 0.114. The van der Waals surface area contributed by atoms with Crippen molar-refractivity contribution >= 4 is 17.0 Å². The van der Waals surface area contributed by atoms with Crippen molar-refractivity contribution in [1.82, 2.24) is 24.8 Å². The van der Waals surface area contributed by atoms with Gasteiger partial charge in [-0.25, -0.2) is 4.79 Å². The Morgan fingerprint density at radius 3 is 2.82 bits per heavy atom. The molecule has 0 aromatic carbocycles. The maximum Gasteiger partial charge on any atom is 0.328 e. The van der Waals surface area contributed by atoms with Gasteiger partial charge in [0.05, 0.1) is 6.61 Å². The van der Waals surface area contributed by atoms with Crippen molar-refractivity contribution in [1.29, 1.82) is 0 Å². The molecule has 118 valence electrons. The lowest BCUT2D eigenvalue weighted by Crippen LogP contribution is -2.44. The van der Waals surface area contributed by atoms with E-state index in [1.807, 2.05) is 6.92 Å². The second-order valence-corrected chi connectivity index (χ2v) is 5.03. The highest BCUT2D eigenvalue weighted by molar-refractivity contribution is 5.84. The van der Waals surface area contributed by atoms with Crippen LogP contribution < -0.4 is 20.6 Å². The quantitative estimate of drug-likeness (QED) is 0.763. The minimum absolute atomic E-state index is 0.214. The summed E-state index contributed by atoms with van der Waals surface area (Å²) in [5, 5.41) is 3.30. The molecule has 1 aliphatic heterocycles. The van der Waals surface area contributed by atoms with Gasteiger partial charge in [0.1, 0.15) is 5.52 Å². The van der Waals surface area contributed by atoms with E-state index in [9.17, 15) is 4.79 Å². The van der Waals surface area contributed by atoms with E-state index < -0.39 is 0 Å². The second-order valence-electron chi connectivity index (χ2n) is 5.03. The van der Waals surface area contributed by atoms with E-state index in [2.05, 4.69) is 31.7 Å². The molecule has 0 amide bonds. The molecule has 2 aromatic rings. The Hall–Kier alpha value is -2.35. The Morgan fingerprint density at radius 1 is 1.36 bits per heavy atom. The zero-order valence-corrected chi connectivity index (χ0v) is 12.6. The third-order valence-corrected chi connectivity index (χ3v) is 3.58. The molecule has 3 rings (SSSR count). The number of ether oxygens (including phenoxy) is 1. The maximum absolute atomic E-state index is 12.2. The van der Waals surface area contributed by atoms with Crippen LogP contribution in [0.15, 0.2) is 17.4 Å². The fourth-order valence-electron chi connectivity index (χ4n) is 2.59. The molecule has 0 spiro atoms. The lowest BCUT2D eigenvalue weighted by atomic mass is 10.3. The fraction of sp³-hybridized carbons (Fsp3) is 0.500. The number of allylic oxidation sites excluding steroid dienone is 1. The Balaban J connectivity index is 2.17. The average Bonchev–Trinajstić information content (AvgIpc) is 2.85. The number of nitrogens with zero attached hydrogens (tertiary/aromatic N) is 4. The highest BCUT2D eigenvalue weighted by Gasteiger charge is 2.21. The first kappa shape index (κ1) is 14.6. The molecule has 0 bridgehead atoms. The normalized spacial score (nSPS) is 15.2. The van der Waals surface area contributed by atoms with Gasteiger partial charge in [-0.1, -0.05) is 6.08 Å². The van der Waals surface area contributed by atoms with Crippen LogP contribution in [0, 0.1) is 0 Å². The van der Waals surface area contributed by atoms with Crippen molar-refractivity contribution in [2.45, 2.75) is 13.5 Å². The van der Waals surface area contributed by atoms with Gasteiger partial charge in [0.25, 0.3) is 0 Å². The third kappa shape index (κ3) is 2.57. The lowest BCUT2D eigenvalue weighted by molar-refractivity contribution is 0.313. The van der Waals surface area contributed by atoms with Gasteiger partial charge >= 0.3 is 11.7 Å². The van der Waals surface area contributed by atoms with E-state index in [1.165, 1.54) is 4.57 Å². The van der Waals surface area contributed by atoms with Crippen molar-refractivity contribution in [3.8, 4) is 6.01 Å². The molecular formula is C14H20N6O2. The first-order valence-electron chi connectivity index (χ1n) is 7.44. The molecule has 0 unspecified atom stereocenters. The number of nitrogens with one attached hydrogen (secondary N) is 2. The zero-order valence-electron chi connectivity index (χ0n) is 12.6. The second kappa shape index (κ2) is 6.18. The summed E-state index contributed by atoms with van der Waals surface area (Å²) in [6, 6.07) is 0.292. The Kier molecular flexibility index (Phi) is 4.10. The molecule has 8 nitrogen and oxygen atoms in total. The number of fused-ring (bicyclic) bond motifs is 1. The van der Waals surface area contributed by atoms with E-state index in [1.54, 1.807) is 6.08 Å². The molecule has 2 N–H and O–H groups in total. The molecule has 0 aliphatic carbocycles. The number of aromatic nitrogens is 4. The maximum atomic E-state index is 12.2. The molecule has 0 radical (unpaired) electrons. The van der Waals surface area contributed by atoms with Gasteiger partial charge < -0.3 is 19.9 Å². The minimum Gasteiger partial charge on any atom is -0.464 e. The van der Waals surface area contributed by atoms with E-state index >= 15 is 0 Å². The number of hydrogen-bond acceptors (Lipinski definition) is 6. The van der Waals surface area contributed by atoms with E-state index in [0.717, 1.165) is 32.0 Å². The topological polar surface area (TPSA) is 88.1 Å². The number of piperazine rings is 1. The monoisotopic (exact) mass is 304 g/mol. The van der Waals surface area contributed by atoms with Crippen LogP contribution in [-0.2, 0) is 6.54 Å². The summed E-state index contributed by atoms with van der Waals surface area (Å²) in [6.07, 6.45) is 1.67. The summed E-state index contributed by atoms with van der Waals surface area (Å²) in [6.45, 7) is 9.85. The van der Waals surface area contributed by atoms with Gasteiger partial charge in [0, 0.05) is 32.7 Å². The lowest BCUT2D eigenvalue weighted by Gasteiger charge is -2.28. The van der Waals surface area contributed by atoms with Gasteiger partial charge in [-0.2, -0.15) is 9.97 Å². The van der Waals surface area contributed by atoms with Gasteiger partial charge in [0.15, 0.2) is 11.5 Å². The van der Waals surface area contributed by atoms with Crippen LogP contribution in [0.3, 0.4) is 0 Å².